The van der Waals surface area contributed by atoms with Gasteiger partial charge < -0.3 is 10.3 Å². The molecule has 0 amide bonds. The maximum Gasteiger partial charge on any atom is 0.243 e. The molecule has 2 N–H and O–H groups in total. The summed E-state index contributed by atoms with van der Waals surface area (Å²) in [6, 6.07) is 8.25. The fourth-order valence-electron chi connectivity index (χ4n) is 2.40. The van der Waals surface area contributed by atoms with Crippen LogP contribution in [0.2, 0.25) is 0 Å². The molecule has 0 spiro atoms. The van der Waals surface area contributed by atoms with Gasteiger partial charge in [0.15, 0.2) is 5.82 Å². The number of nitrogens with zero attached hydrogens (tertiary/aromatic N) is 2. The van der Waals surface area contributed by atoms with Gasteiger partial charge in [-0.3, -0.25) is 0 Å². The highest BCUT2D eigenvalue weighted by atomic mass is 32.2. The normalized spacial score (nSPS) is 18.7. The van der Waals surface area contributed by atoms with Crippen LogP contribution in [0, 0.1) is 0 Å². The molecule has 3 rings (SSSR count). The number of aromatic nitrogens is 2. The second-order valence-electron chi connectivity index (χ2n) is 4.83. The summed E-state index contributed by atoms with van der Waals surface area (Å²) in [4.78, 5) is 4.47. The summed E-state index contributed by atoms with van der Waals surface area (Å²) in [6.45, 7) is 0. The molecule has 19 heavy (non-hydrogen) atoms. The Kier molecular flexibility index (Phi) is 3.57. The molecule has 1 aliphatic carbocycles. The number of nitrogens with two attached hydrogens (primary N) is 1. The number of rotatable bonds is 5. The summed E-state index contributed by atoms with van der Waals surface area (Å²) < 4.78 is 5.30. The van der Waals surface area contributed by atoms with Crippen LogP contribution in [0.4, 0.5) is 0 Å². The molecule has 0 aliphatic heterocycles. The molecular weight excluding hydrogens is 258 g/mol. The summed E-state index contributed by atoms with van der Waals surface area (Å²) in [7, 11) is 0. The third-order valence-electron chi connectivity index (χ3n) is 3.57. The Morgan fingerprint density at radius 1 is 1.47 bits per heavy atom. The SMILES string of the molecule is CSCC[C@@H](N)c1nc(C2Cc3ccccc32)no1. The smallest absolute Gasteiger partial charge is 0.243 e. The number of fused-ring (bicyclic) bond motifs is 1. The van der Waals surface area contributed by atoms with E-state index < -0.39 is 0 Å². The van der Waals surface area contributed by atoms with Gasteiger partial charge in [-0.25, -0.2) is 0 Å². The average molecular weight is 275 g/mol. The van der Waals surface area contributed by atoms with Gasteiger partial charge in [0.05, 0.1) is 12.0 Å². The number of thioether (sulfide) groups is 1. The molecule has 1 unspecified atom stereocenters. The fourth-order valence-corrected chi connectivity index (χ4v) is 2.89. The molecule has 0 radical (unpaired) electrons. The van der Waals surface area contributed by atoms with Crippen LogP contribution >= 0.6 is 11.8 Å². The Bertz CT molecular complexity index is 569. The van der Waals surface area contributed by atoms with Crippen LogP contribution in [0.3, 0.4) is 0 Å². The van der Waals surface area contributed by atoms with Crippen molar-refractivity contribution in [3.8, 4) is 0 Å². The monoisotopic (exact) mass is 275 g/mol. The van der Waals surface area contributed by atoms with Crippen LogP contribution in [0.1, 0.15) is 41.2 Å². The quantitative estimate of drug-likeness (QED) is 0.908. The van der Waals surface area contributed by atoms with Crippen molar-refractivity contribution >= 4 is 11.8 Å². The molecule has 0 bridgehead atoms. The topological polar surface area (TPSA) is 64.9 Å². The largest absolute Gasteiger partial charge is 0.338 e. The third-order valence-corrected chi connectivity index (χ3v) is 4.22. The van der Waals surface area contributed by atoms with Crippen molar-refractivity contribution in [2.75, 3.05) is 12.0 Å². The third kappa shape index (κ3) is 2.40. The Hall–Kier alpha value is -1.33. The molecule has 1 aliphatic rings. The van der Waals surface area contributed by atoms with Crippen molar-refractivity contribution < 1.29 is 4.52 Å². The molecule has 2 aromatic rings. The summed E-state index contributed by atoms with van der Waals surface area (Å²) in [6.07, 6.45) is 3.93. The molecule has 1 aromatic heterocycles. The van der Waals surface area contributed by atoms with Crippen LogP contribution in [-0.2, 0) is 6.42 Å². The van der Waals surface area contributed by atoms with Crippen molar-refractivity contribution in [3.05, 3.63) is 47.1 Å². The molecule has 2 atom stereocenters. The molecule has 0 saturated carbocycles. The maximum atomic E-state index is 6.04. The molecular formula is C14H17N3OS. The minimum Gasteiger partial charge on any atom is -0.338 e. The lowest BCUT2D eigenvalue weighted by molar-refractivity contribution is 0.346. The van der Waals surface area contributed by atoms with E-state index in [1.807, 2.05) is 0 Å². The van der Waals surface area contributed by atoms with Gasteiger partial charge in [-0.2, -0.15) is 16.7 Å². The van der Waals surface area contributed by atoms with E-state index >= 15 is 0 Å². The highest BCUT2D eigenvalue weighted by Crippen LogP contribution is 2.38. The van der Waals surface area contributed by atoms with Crippen LogP contribution in [0.5, 0.6) is 0 Å². The molecule has 100 valence electrons. The zero-order valence-electron chi connectivity index (χ0n) is 10.9. The Morgan fingerprint density at radius 3 is 3.11 bits per heavy atom. The first kappa shape index (κ1) is 12.7. The van der Waals surface area contributed by atoms with E-state index in [1.165, 1.54) is 11.1 Å². The first-order chi connectivity index (χ1) is 9.29. The molecule has 4 nitrogen and oxygen atoms in total. The molecule has 0 saturated heterocycles. The minimum absolute atomic E-state index is 0.149. The number of hydrogen-bond acceptors (Lipinski definition) is 5. The Balaban J connectivity index is 1.73. The minimum atomic E-state index is -0.149. The zero-order chi connectivity index (χ0) is 13.2. The highest BCUT2D eigenvalue weighted by Gasteiger charge is 2.31. The van der Waals surface area contributed by atoms with Crippen LogP contribution in [0.25, 0.3) is 0 Å². The average Bonchev–Trinajstić information content (AvgIpc) is 2.87. The first-order valence-electron chi connectivity index (χ1n) is 6.45. The standard InChI is InChI=1S/C14H17N3OS/c1-19-7-6-12(15)14-16-13(17-18-14)11-8-9-4-2-3-5-10(9)11/h2-5,11-12H,6-8,15H2,1H3/t11?,12-/m1/s1. The van der Waals surface area contributed by atoms with Crippen molar-refractivity contribution in [1.29, 1.82) is 0 Å². The fraction of sp³-hybridized carbons (Fsp3) is 0.429. The highest BCUT2D eigenvalue weighted by molar-refractivity contribution is 7.98. The Labute approximate surface area is 116 Å². The van der Waals surface area contributed by atoms with Crippen molar-refractivity contribution in [3.63, 3.8) is 0 Å². The lowest BCUT2D eigenvalue weighted by Crippen LogP contribution is -2.19. The second kappa shape index (κ2) is 5.35. The van der Waals surface area contributed by atoms with E-state index in [1.54, 1.807) is 11.8 Å². The van der Waals surface area contributed by atoms with Gasteiger partial charge in [0.25, 0.3) is 0 Å². The predicted octanol–water partition coefficient (Wildman–Crippen LogP) is 2.51. The van der Waals surface area contributed by atoms with Gasteiger partial charge in [0, 0.05) is 0 Å². The van der Waals surface area contributed by atoms with Crippen molar-refractivity contribution in [1.82, 2.24) is 10.1 Å². The van der Waals surface area contributed by atoms with E-state index in [4.69, 9.17) is 10.3 Å². The molecule has 0 fully saturated rings. The second-order valence-corrected chi connectivity index (χ2v) is 5.82. The zero-order valence-corrected chi connectivity index (χ0v) is 11.7. The van der Waals surface area contributed by atoms with Gasteiger partial charge in [0.2, 0.25) is 5.89 Å². The number of hydrogen-bond donors (Lipinski definition) is 1. The molecule has 5 heteroatoms. The van der Waals surface area contributed by atoms with Gasteiger partial charge in [-0.05, 0) is 36.0 Å². The van der Waals surface area contributed by atoms with Crippen molar-refractivity contribution in [2.24, 2.45) is 5.73 Å². The van der Waals surface area contributed by atoms with E-state index in [0.717, 1.165) is 24.4 Å². The van der Waals surface area contributed by atoms with Gasteiger partial charge >= 0.3 is 0 Å². The Morgan fingerprint density at radius 2 is 2.32 bits per heavy atom. The van der Waals surface area contributed by atoms with Crippen LogP contribution in [-0.4, -0.2) is 22.1 Å². The number of benzene rings is 1. The van der Waals surface area contributed by atoms with Crippen LogP contribution < -0.4 is 5.73 Å². The van der Waals surface area contributed by atoms with Gasteiger partial charge in [-0.1, -0.05) is 29.4 Å². The summed E-state index contributed by atoms with van der Waals surface area (Å²) in [5.74, 6) is 2.62. The van der Waals surface area contributed by atoms with E-state index in [0.29, 0.717) is 5.89 Å². The summed E-state index contributed by atoms with van der Waals surface area (Å²) in [5, 5.41) is 4.09. The van der Waals surface area contributed by atoms with Crippen molar-refractivity contribution in [2.45, 2.75) is 24.8 Å². The van der Waals surface area contributed by atoms with E-state index in [9.17, 15) is 0 Å². The van der Waals surface area contributed by atoms with E-state index in [-0.39, 0.29) is 12.0 Å². The predicted molar refractivity (Wildman–Crippen MR) is 76.2 cm³/mol. The van der Waals surface area contributed by atoms with Gasteiger partial charge in [0.1, 0.15) is 0 Å². The lowest BCUT2D eigenvalue weighted by Gasteiger charge is -2.27. The maximum absolute atomic E-state index is 6.04. The molecule has 1 aromatic carbocycles. The summed E-state index contributed by atoms with van der Waals surface area (Å²) >= 11 is 1.77. The molecule has 1 heterocycles. The lowest BCUT2D eigenvalue weighted by atomic mass is 9.77. The van der Waals surface area contributed by atoms with E-state index in [2.05, 4.69) is 40.7 Å². The van der Waals surface area contributed by atoms with Crippen LogP contribution in [0.15, 0.2) is 28.8 Å². The first-order valence-corrected chi connectivity index (χ1v) is 7.85. The summed E-state index contributed by atoms with van der Waals surface area (Å²) in [5.41, 5.74) is 8.73. The van der Waals surface area contributed by atoms with Gasteiger partial charge in [-0.15, -0.1) is 0 Å².